The van der Waals surface area contributed by atoms with Crippen molar-refractivity contribution >= 4 is 56.8 Å². The molecular formula is C54H66F6N10O14. The van der Waals surface area contributed by atoms with E-state index in [1.165, 1.54) is 56.5 Å². The van der Waals surface area contributed by atoms with Crippen LogP contribution in [-0.4, -0.2) is 93.1 Å². The number of aryl methyl sites for hydroxylation is 4. The number of nitro groups is 6. The van der Waals surface area contributed by atoms with Crippen molar-refractivity contribution in [2.75, 3.05) is 48.1 Å². The molecule has 0 spiro atoms. The van der Waals surface area contributed by atoms with Gasteiger partial charge in [0.15, 0.2) is 0 Å². The summed E-state index contributed by atoms with van der Waals surface area (Å²) in [6, 6.07) is 22.0. The van der Waals surface area contributed by atoms with Gasteiger partial charge in [0.1, 0.15) is 17.5 Å². The molecule has 30 heteroatoms. The van der Waals surface area contributed by atoms with Crippen LogP contribution in [0, 0.1) is 123 Å². The van der Waals surface area contributed by atoms with Gasteiger partial charge in [0.05, 0.1) is 59.0 Å². The smallest absolute Gasteiger partial charge is 0.311 e. The molecule has 1 heterocycles. The lowest BCUT2D eigenvalue weighted by molar-refractivity contribution is -0.396. The molecule has 458 valence electrons. The number of hydrogen-bond donors (Lipinski definition) is 2. The van der Waals surface area contributed by atoms with Gasteiger partial charge in [-0.05, 0) is 126 Å². The first kappa shape index (κ1) is 78.3. The minimum absolute atomic E-state index is 0. The zero-order valence-electron chi connectivity index (χ0n) is 44.8. The van der Waals surface area contributed by atoms with E-state index >= 15 is 0 Å². The lowest BCUT2D eigenvalue weighted by Gasteiger charge is -2.19. The highest BCUT2D eigenvalue weighted by atomic mass is 19.1. The van der Waals surface area contributed by atoms with E-state index in [1.54, 1.807) is 63.7 Å². The molecule has 0 unspecified atom stereocenters. The van der Waals surface area contributed by atoms with Crippen LogP contribution in [0.15, 0.2) is 116 Å². The number of fused-ring (bicyclic) bond motifs is 1. The van der Waals surface area contributed by atoms with Crippen LogP contribution < -0.4 is 5.73 Å². The van der Waals surface area contributed by atoms with Crippen molar-refractivity contribution in [3.63, 3.8) is 0 Å². The number of methoxy groups -OCH3 is 2. The Morgan fingerprint density at radius 3 is 1.17 bits per heavy atom. The first-order chi connectivity index (χ1) is 37.8. The topological polar surface area (TPSA) is 326 Å². The molecule has 24 nitrogen and oxygen atoms in total. The summed E-state index contributed by atoms with van der Waals surface area (Å²) in [5, 5.41) is 63.3. The van der Waals surface area contributed by atoms with Crippen LogP contribution in [0.2, 0.25) is 0 Å². The second-order valence-electron chi connectivity index (χ2n) is 16.6. The Kier molecular flexibility index (Phi) is 35.3. The average molecular weight is 1190 g/mol. The van der Waals surface area contributed by atoms with E-state index in [-0.39, 0.29) is 68.5 Å². The van der Waals surface area contributed by atoms with Gasteiger partial charge in [-0.3, -0.25) is 65.6 Å². The molecule has 84 heavy (non-hydrogen) atoms. The van der Waals surface area contributed by atoms with Crippen molar-refractivity contribution in [3.8, 4) is 0 Å². The number of hydrogen-bond acceptors (Lipinski definition) is 17. The summed E-state index contributed by atoms with van der Waals surface area (Å²) >= 11 is 0. The highest BCUT2D eigenvalue weighted by Gasteiger charge is 2.25. The maximum atomic E-state index is 13.4. The summed E-state index contributed by atoms with van der Waals surface area (Å²) in [6.45, 7) is 6.35. The monoisotopic (exact) mass is 1190 g/mol. The zero-order chi connectivity index (χ0) is 62.0. The molecule has 3 N–H and O–H groups in total. The number of nitrogens with two attached hydrogens (primary N) is 1. The fraction of sp³-hybridized carbons (Fsp3) is 0.259. The number of nitro benzene ring substituents is 6. The molecule has 1 aromatic heterocycles. The van der Waals surface area contributed by atoms with E-state index in [0.717, 1.165) is 40.2 Å². The summed E-state index contributed by atoms with van der Waals surface area (Å²) in [6.07, 6.45) is 4.33. The van der Waals surface area contributed by atoms with Gasteiger partial charge in [0.2, 0.25) is 23.9 Å². The Balaban J connectivity index is -0.000000923. The molecule has 0 aliphatic rings. The minimum atomic E-state index is -1.11. The van der Waals surface area contributed by atoms with Crippen molar-refractivity contribution < 1.29 is 65.4 Å². The molecule has 0 radical (unpaired) electrons. The zero-order valence-corrected chi connectivity index (χ0v) is 44.8. The molecular weight excluding hydrogens is 1130 g/mol. The summed E-state index contributed by atoms with van der Waals surface area (Å²) < 4.78 is 86.0. The third-order valence-electron chi connectivity index (χ3n) is 9.82. The largest absolute Gasteiger partial charge is 0.396 e. The third-order valence-corrected chi connectivity index (χ3v) is 9.82. The van der Waals surface area contributed by atoms with Gasteiger partial charge >= 0.3 is 17.1 Å². The van der Waals surface area contributed by atoms with Gasteiger partial charge in [-0.1, -0.05) is 46.5 Å². The second-order valence-corrected chi connectivity index (χ2v) is 16.6. The number of benzene rings is 6. The summed E-state index contributed by atoms with van der Waals surface area (Å²) in [7, 11) is 10.4. The van der Waals surface area contributed by atoms with E-state index < -0.39 is 81.1 Å². The number of ether oxygens (including phenoxy) is 2. The van der Waals surface area contributed by atoms with E-state index in [0.29, 0.717) is 18.2 Å². The Bertz CT molecular complexity index is 3080. The number of nitrogens with zero attached hydrogens (tertiary/aromatic N) is 8. The van der Waals surface area contributed by atoms with E-state index in [4.69, 9.17) is 15.2 Å². The van der Waals surface area contributed by atoms with Crippen molar-refractivity contribution in [2.45, 2.75) is 56.4 Å². The summed E-state index contributed by atoms with van der Waals surface area (Å²) in [4.78, 5) is 63.5. The van der Waals surface area contributed by atoms with Gasteiger partial charge in [0, 0.05) is 56.5 Å². The Morgan fingerprint density at radius 1 is 0.500 bits per heavy atom. The average Bonchev–Trinajstić information content (AvgIpc) is 3.92. The lowest BCUT2D eigenvalue weighted by atomic mass is 10.1. The summed E-state index contributed by atoms with van der Waals surface area (Å²) in [5.41, 5.74) is 4.28. The van der Waals surface area contributed by atoms with Gasteiger partial charge < -0.3 is 25.1 Å². The fourth-order valence-corrected chi connectivity index (χ4v) is 6.02. The van der Waals surface area contributed by atoms with Gasteiger partial charge in [-0.2, -0.15) is 13.2 Å². The molecule has 0 fully saturated rings. The van der Waals surface area contributed by atoms with Crippen LogP contribution >= 0.6 is 0 Å². The van der Waals surface area contributed by atoms with E-state index in [2.05, 4.69) is 4.98 Å². The van der Waals surface area contributed by atoms with Gasteiger partial charge in [-0.15, -0.1) is 0 Å². The number of nitrogens with one attached hydrogen (secondary N) is 1. The molecule has 6 aromatic carbocycles. The molecule has 0 saturated heterocycles. The number of aromatic amines is 1. The molecule has 0 saturated carbocycles. The predicted molar refractivity (Wildman–Crippen MR) is 308 cm³/mol. The van der Waals surface area contributed by atoms with E-state index in [1.807, 2.05) is 45.0 Å². The third kappa shape index (κ3) is 26.6. The maximum Gasteiger partial charge on any atom is 0.311 e. The van der Waals surface area contributed by atoms with Crippen molar-refractivity contribution in [1.29, 1.82) is 0 Å². The Labute approximate surface area is 479 Å². The minimum Gasteiger partial charge on any atom is -0.396 e. The standard InChI is InChI=1S/C10H10FN3O4.C8H7FN2.2C7H5FN2O4.2C7H7F.C5H13NO2.3CH4/c1-12(2)4-3-7-5-8(11)10(14(17)18)6-9(7)13(15)16;9-6-3-5-1-2-11-8(5)4-7(6)10;2*1-4-2-5(8)7(10(13)14)3-6(4)9(11)12;2*1-6-3-2-4-7(8)5-6;1-6(2)5(7-3)8-4;;;/h3-6H,1-2H3;1-4,11H,10H2;2*2-3H,1H3;2*2-5H,1H3;5H,1-4H3;3*1H4/b4-3+;;;;;;;;;. The SMILES string of the molecule is C.C.C.CN(C)/C=C/c1cc(F)c([N+](=O)[O-])cc1[N+](=O)[O-].COC(OC)N(C)C.Cc1cc(F)c([N+](=O)[O-])cc1[N+](=O)[O-].Cc1cc(F)c([N+](=O)[O-])cc1[N+](=O)[O-].Cc1cccc(F)c1.Cc1cccc(F)c1.Nc1cc2[nH]ccc2cc1F. The first-order valence-electron chi connectivity index (χ1n) is 22.6. The van der Waals surface area contributed by atoms with Crippen LogP contribution in [0.3, 0.4) is 0 Å². The lowest BCUT2D eigenvalue weighted by Crippen LogP contribution is -2.30. The molecule has 7 rings (SSSR count). The molecule has 0 aliphatic heterocycles. The first-order valence-corrected chi connectivity index (χ1v) is 22.6. The number of H-pyrrole nitrogens is 1. The van der Waals surface area contributed by atoms with Gasteiger partial charge in [0.25, 0.3) is 17.1 Å². The Morgan fingerprint density at radius 2 is 0.869 bits per heavy atom. The van der Waals surface area contributed by atoms with Gasteiger partial charge in [-0.25, -0.2) is 13.2 Å². The molecule has 0 atom stereocenters. The van der Waals surface area contributed by atoms with Crippen LogP contribution in [0.25, 0.3) is 17.0 Å². The maximum absolute atomic E-state index is 13.4. The highest BCUT2D eigenvalue weighted by molar-refractivity contribution is 5.82. The normalized spacial score (nSPS) is 9.79. The van der Waals surface area contributed by atoms with Crippen molar-refractivity contribution in [1.82, 2.24) is 14.8 Å². The molecule has 0 amide bonds. The molecule has 0 aliphatic carbocycles. The number of anilines is 1. The quantitative estimate of drug-likeness (QED) is 0.0399. The highest BCUT2D eigenvalue weighted by Crippen LogP contribution is 2.30. The van der Waals surface area contributed by atoms with E-state index in [9.17, 15) is 87.0 Å². The second kappa shape index (κ2) is 37.9. The Hall–Kier alpha value is -9.94. The van der Waals surface area contributed by atoms with Crippen LogP contribution in [0.4, 0.5) is 66.2 Å². The van der Waals surface area contributed by atoms with Crippen LogP contribution in [0.1, 0.15) is 50.1 Å². The molecule has 7 aromatic rings. The number of nitrogen functional groups attached to an aromatic ring is 1. The van der Waals surface area contributed by atoms with Crippen molar-refractivity contribution in [3.05, 3.63) is 239 Å². The van der Waals surface area contributed by atoms with Crippen LogP contribution in [0.5, 0.6) is 0 Å². The number of halogens is 6. The fourth-order valence-electron chi connectivity index (χ4n) is 6.02. The predicted octanol–water partition coefficient (Wildman–Crippen LogP) is 14.3. The number of aromatic nitrogens is 1. The number of rotatable bonds is 11. The molecule has 0 bridgehead atoms. The van der Waals surface area contributed by atoms with Crippen LogP contribution in [-0.2, 0) is 9.47 Å². The summed E-state index contributed by atoms with van der Waals surface area (Å²) in [5.74, 6) is -3.94. The van der Waals surface area contributed by atoms with Crippen molar-refractivity contribution in [2.24, 2.45) is 0 Å².